The molecule has 4 rings (SSSR count). The zero-order chi connectivity index (χ0) is 25.7. The number of hydrogen-bond acceptors (Lipinski definition) is 6. The third kappa shape index (κ3) is 6.20. The van der Waals surface area contributed by atoms with Gasteiger partial charge in [0.2, 0.25) is 0 Å². The van der Waals surface area contributed by atoms with Gasteiger partial charge in [-0.15, -0.1) is 0 Å². The average Bonchev–Trinajstić information content (AvgIpc) is 3.14. The Kier molecular flexibility index (Phi) is 8.53. The number of thiocarbonyl (C=S) groups is 1. The van der Waals surface area contributed by atoms with Gasteiger partial charge in [-0.3, -0.25) is 14.5 Å². The zero-order valence-corrected chi connectivity index (χ0v) is 22.1. The maximum absolute atomic E-state index is 13.1. The van der Waals surface area contributed by atoms with Gasteiger partial charge in [0.1, 0.15) is 11.5 Å². The van der Waals surface area contributed by atoms with Crippen LogP contribution in [0.5, 0.6) is 11.5 Å². The molecule has 0 atom stereocenters. The molecule has 3 aromatic rings. The second-order valence-corrected chi connectivity index (χ2v) is 9.92. The quantitative estimate of drug-likeness (QED) is 0.242. The van der Waals surface area contributed by atoms with Crippen LogP contribution in [0.15, 0.2) is 71.6 Å². The lowest BCUT2D eigenvalue weighted by Gasteiger charge is -2.15. The number of amides is 2. The zero-order valence-electron chi connectivity index (χ0n) is 19.0. The first-order valence-electron chi connectivity index (χ1n) is 10.8. The minimum atomic E-state index is -0.388. The molecule has 1 N–H and O–H groups in total. The molecule has 36 heavy (non-hydrogen) atoms. The Hall–Kier alpha value is -3.04. The van der Waals surface area contributed by atoms with Gasteiger partial charge < -0.3 is 14.8 Å². The van der Waals surface area contributed by atoms with E-state index >= 15 is 0 Å². The number of hydrogen-bond donors (Lipinski definition) is 1. The summed E-state index contributed by atoms with van der Waals surface area (Å²) in [6.45, 7) is 2.24. The summed E-state index contributed by atoms with van der Waals surface area (Å²) < 4.78 is 11.5. The minimum absolute atomic E-state index is 0.210. The fraction of sp³-hybridized carbons (Fsp3) is 0.115. The van der Waals surface area contributed by atoms with Crippen LogP contribution in [0.25, 0.3) is 6.08 Å². The maximum atomic E-state index is 13.1. The van der Waals surface area contributed by atoms with E-state index in [2.05, 4.69) is 5.32 Å². The van der Waals surface area contributed by atoms with E-state index in [1.807, 2.05) is 13.0 Å². The van der Waals surface area contributed by atoms with Crippen molar-refractivity contribution in [2.24, 2.45) is 0 Å². The van der Waals surface area contributed by atoms with Gasteiger partial charge in [-0.1, -0.05) is 65.4 Å². The van der Waals surface area contributed by atoms with Gasteiger partial charge in [0.15, 0.2) is 10.9 Å². The van der Waals surface area contributed by atoms with Gasteiger partial charge in [-0.2, -0.15) is 0 Å². The van der Waals surface area contributed by atoms with Crippen LogP contribution in [0.3, 0.4) is 0 Å². The van der Waals surface area contributed by atoms with Gasteiger partial charge in [0, 0.05) is 0 Å². The fourth-order valence-electron chi connectivity index (χ4n) is 3.33. The van der Waals surface area contributed by atoms with E-state index in [1.165, 1.54) is 16.7 Å². The normalized spacial score (nSPS) is 14.3. The second kappa shape index (κ2) is 11.8. The molecule has 2 amide bonds. The molecule has 6 nitrogen and oxygen atoms in total. The van der Waals surface area contributed by atoms with E-state index in [0.717, 1.165) is 11.3 Å². The first kappa shape index (κ1) is 26.0. The van der Waals surface area contributed by atoms with E-state index in [0.29, 0.717) is 38.0 Å². The number of carbonyl (C=O) groups excluding carboxylic acids is 2. The van der Waals surface area contributed by atoms with Gasteiger partial charge in [-0.05, 0) is 67.1 Å². The number of halogens is 2. The van der Waals surface area contributed by atoms with E-state index in [9.17, 15) is 9.59 Å². The lowest BCUT2D eigenvalue weighted by molar-refractivity contribution is -0.118. The standard InChI is InChI=1S/C26H20Cl2N2O4S2/c1-2-33-18-11-9-17(10-12-18)30-25(32)22(36-26(30)35)14-16-5-3-6-19(13-16)34-15-23(31)29-21-8-4-7-20(27)24(21)28/h3-14H,2,15H2,1H3,(H,29,31)/b22-14-. The Balaban J connectivity index is 1.41. The molecule has 1 aliphatic heterocycles. The van der Waals surface area contributed by atoms with Crippen LogP contribution in [0.4, 0.5) is 11.4 Å². The molecule has 0 bridgehead atoms. The highest BCUT2D eigenvalue weighted by Gasteiger charge is 2.33. The molecule has 184 valence electrons. The fourth-order valence-corrected chi connectivity index (χ4v) is 4.98. The van der Waals surface area contributed by atoms with Gasteiger partial charge in [0.05, 0.1) is 32.9 Å². The van der Waals surface area contributed by atoms with Gasteiger partial charge in [0.25, 0.3) is 11.8 Å². The van der Waals surface area contributed by atoms with Crippen molar-refractivity contribution in [3.8, 4) is 11.5 Å². The number of nitrogens with one attached hydrogen (secondary N) is 1. The van der Waals surface area contributed by atoms with Crippen LogP contribution in [0, 0.1) is 0 Å². The molecule has 0 saturated carbocycles. The van der Waals surface area contributed by atoms with Crippen molar-refractivity contribution in [3.63, 3.8) is 0 Å². The van der Waals surface area contributed by atoms with Crippen LogP contribution < -0.4 is 19.7 Å². The molecule has 0 unspecified atom stereocenters. The van der Waals surface area contributed by atoms with E-state index in [4.69, 9.17) is 44.9 Å². The summed E-state index contributed by atoms with van der Waals surface area (Å²) in [6.07, 6.45) is 1.74. The van der Waals surface area contributed by atoms with Crippen molar-refractivity contribution in [2.45, 2.75) is 6.92 Å². The lowest BCUT2D eigenvalue weighted by Crippen LogP contribution is -2.27. The summed E-state index contributed by atoms with van der Waals surface area (Å²) in [4.78, 5) is 27.3. The third-order valence-corrected chi connectivity index (χ3v) is 7.07. The lowest BCUT2D eigenvalue weighted by atomic mass is 10.2. The summed E-state index contributed by atoms with van der Waals surface area (Å²) in [6, 6.07) is 19.3. The van der Waals surface area contributed by atoms with E-state index in [1.54, 1.807) is 66.7 Å². The molecule has 1 fully saturated rings. The molecule has 0 spiro atoms. The van der Waals surface area contributed by atoms with E-state index < -0.39 is 0 Å². The van der Waals surface area contributed by atoms with Crippen LogP contribution >= 0.6 is 47.2 Å². The van der Waals surface area contributed by atoms with Crippen molar-refractivity contribution in [1.82, 2.24) is 0 Å². The van der Waals surface area contributed by atoms with Crippen LogP contribution in [0.1, 0.15) is 12.5 Å². The molecule has 1 saturated heterocycles. The smallest absolute Gasteiger partial charge is 0.270 e. The van der Waals surface area contributed by atoms with Crippen molar-refractivity contribution in [1.29, 1.82) is 0 Å². The van der Waals surface area contributed by atoms with Crippen LogP contribution in [-0.4, -0.2) is 29.3 Å². The molecule has 0 aromatic heterocycles. The highest BCUT2D eigenvalue weighted by Crippen LogP contribution is 2.37. The van der Waals surface area contributed by atoms with Gasteiger partial charge in [-0.25, -0.2) is 0 Å². The van der Waals surface area contributed by atoms with Crippen LogP contribution in [-0.2, 0) is 9.59 Å². The number of nitrogens with zero attached hydrogens (tertiary/aromatic N) is 1. The molecule has 1 aliphatic rings. The molecule has 0 radical (unpaired) electrons. The summed E-state index contributed by atoms with van der Waals surface area (Å²) in [7, 11) is 0. The summed E-state index contributed by atoms with van der Waals surface area (Å²) in [5, 5.41) is 3.27. The Morgan fingerprint density at radius 3 is 2.56 bits per heavy atom. The number of rotatable bonds is 8. The minimum Gasteiger partial charge on any atom is -0.494 e. The molecule has 10 heteroatoms. The predicted octanol–water partition coefficient (Wildman–Crippen LogP) is 6.82. The number of carbonyl (C=O) groups is 2. The largest absolute Gasteiger partial charge is 0.494 e. The third-order valence-electron chi connectivity index (χ3n) is 4.95. The first-order chi connectivity index (χ1) is 17.4. The topological polar surface area (TPSA) is 67.9 Å². The SMILES string of the molecule is CCOc1ccc(N2C(=O)/C(=C/c3cccc(OCC(=O)Nc4cccc(Cl)c4Cl)c3)SC2=S)cc1. The molecule has 0 aliphatic carbocycles. The van der Waals surface area contributed by atoms with E-state index in [-0.39, 0.29) is 23.4 Å². The number of benzene rings is 3. The predicted molar refractivity (Wildman–Crippen MR) is 150 cm³/mol. The average molecular weight is 559 g/mol. The molecule has 1 heterocycles. The maximum Gasteiger partial charge on any atom is 0.270 e. The first-order valence-corrected chi connectivity index (χ1v) is 12.8. The van der Waals surface area contributed by atoms with Crippen molar-refractivity contribution in [2.75, 3.05) is 23.4 Å². The second-order valence-electron chi connectivity index (χ2n) is 7.45. The molecule has 3 aromatic carbocycles. The van der Waals surface area contributed by atoms with Crippen molar-refractivity contribution >= 4 is 80.8 Å². The summed E-state index contributed by atoms with van der Waals surface area (Å²) in [5.41, 5.74) is 1.81. The summed E-state index contributed by atoms with van der Waals surface area (Å²) in [5.74, 6) is 0.598. The monoisotopic (exact) mass is 558 g/mol. The van der Waals surface area contributed by atoms with Crippen LogP contribution in [0.2, 0.25) is 10.0 Å². The Morgan fingerprint density at radius 1 is 1.06 bits per heavy atom. The Bertz CT molecular complexity index is 1350. The number of ether oxygens (including phenoxy) is 2. The van der Waals surface area contributed by atoms with Crippen molar-refractivity contribution < 1.29 is 19.1 Å². The highest BCUT2D eigenvalue weighted by molar-refractivity contribution is 8.27. The number of thioether (sulfide) groups is 1. The Morgan fingerprint density at radius 2 is 1.81 bits per heavy atom. The van der Waals surface area contributed by atoms with Gasteiger partial charge >= 0.3 is 0 Å². The highest BCUT2D eigenvalue weighted by atomic mass is 35.5. The molecular weight excluding hydrogens is 539 g/mol. The molecular formula is C26H20Cl2N2O4S2. The summed E-state index contributed by atoms with van der Waals surface area (Å²) >= 11 is 18.8. The van der Waals surface area contributed by atoms with Crippen molar-refractivity contribution in [3.05, 3.63) is 87.2 Å². The number of anilines is 2. The Labute approximate surface area is 228 Å².